The summed E-state index contributed by atoms with van der Waals surface area (Å²) in [5.41, 5.74) is 3.93. The number of anilines is 1. The third kappa shape index (κ3) is 3.48. The number of thiophene rings is 1. The van der Waals surface area contributed by atoms with Crippen LogP contribution in [0.25, 0.3) is 10.6 Å². The van der Waals surface area contributed by atoms with Gasteiger partial charge in [-0.3, -0.25) is 14.8 Å². The maximum absolute atomic E-state index is 13.6. The summed E-state index contributed by atoms with van der Waals surface area (Å²) in [6.45, 7) is 2.06. The van der Waals surface area contributed by atoms with Gasteiger partial charge in [0.15, 0.2) is 5.69 Å². The molecule has 1 aliphatic heterocycles. The van der Waals surface area contributed by atoms with Crippen molar-refractivity contribution in [2.24, 2.45) is 0 Å². The van der Waals surface area contributed by atoms with E-state index in [1.807, 2.05) is 41.8 Å². The molecule has 2 aromatic carbocycles. The van der Waals surface area contributed by atoms with Crippen LogP contribution in [0.1, 0.15) is 44.9 Å². The van der Waals surface area contributed by atoms with Crippen molar-refractivity contribution in [1.29, 1.82) is 0 Å². The zero-order valence-corrected chi connectivity index (χ0v) is 18.9. The molecule has 1 amide bonds. The minimum Gasteiger partial charge on any atom is -0.496 e. The highest BCUT2D eigenvalue weighted by molar-refractivity contribution is 7.13. The van der Waals surface area contributed by atoms with Crippen LogP contribution in [0, 0.1) is 0 Å². The standard InChI is InChI=1S/C25H21N3O4S/c1-3-32-25(30)15-10-12-16(13-11-15)28-23(17-7-4-5-8-18(17)31-2)20-21(19-9-6-14-33-19)26-27-22(20)24(28)29/h4-14,23H,3H2,1-2H3,(H,26,27)/t23-/m0/s1. The Morgan fingerprint density at radius 3 is 2.61 bits per heavy atom. The highest BCUT2D eigenvalue weighted by Gasteiger charge is 2.44. The molecule has 2 aromatic heterocycles. The highest BCUT2D eigenvalue weighted by Crippen LogP contribution is 2.47. The number of carbonyl (C=O) groups excluding carboxylic acids is 2. The number of carbonyl (C=O) groups is 2. The molecule has 0 unspecified atom stereocenters. The van der Waals surface area contributed by atoms with Gasteiger partial charge in [-0.2, -0.15) is 5.10 Å². The van der Waals surface area contributed by atoms with E-state index in [-0.39, 0.29) is 5.91 Å². The number of esters is 1. The van der Waals surface area contributed by atoms with Crippen molar-refractivity contribution < 1.29 is 19.1 Å². The lowest BCUT2D eigenvalue weighted by molar-refractivity contribution is 0.0526. The van der Waals surface area contributed by atoms with Crippen LogP contribution >= 0.6 is 11.3 Å². The fraction of sp³-hybridized carbons (Fsp3) is 0.160. The predicted octanol–water partition coefficient (Wildman–Crippen LogP) is 5.07. The van der Waals surface area contributed by atoms with Crippen molar-refractivity contribution in [2.45, 2.75) is 13.0 Å². The van der Waals surface area contributed by atoms with Crippen molar-refractivity contribution >= 4 is 28.9 Å². The summed E-state index contributed by atoms with van der Waals surface area (Å²) in [5, 5.41) is 9.44. The first-order valence-corrected chi connectivity index (χ1v) is 11.4. The van der Waals surface area contributed by atoms with Gasteiger partial charge in [0.05, 0.1) is 35.9 Å². The molecule has 0 aliphatic carbocycles. The minimum absolute atomic E-state index is 0.219. The Hall–Kier alpha value is -3.91. The van der Waals surface area contributed by atoms with Gasteiger partial charge in [0.25, 0.3) is 5.91 Å². The number of H-pyrrole nitrogens is 1. The van der Waals surface area contributed by atoms with Gasteiger partial charge in [-0.25, -0.2) is 4.79 Å². The normalized spacial score (nSPS) is 14.9. The minimum atomic E-state index is -0.451. The number of fused-ring (bicyclic) bond motifs is 1. The summed E-state index contributed by atoms with van der Waals surface area (Å²) in [5.74, 6) is 0.0599. The van der Waals surface area contributed by atoms with Gasteiger partial charge in [-0.15, -0.1) is 11.3 Å². The molecule has 7 nitrogen and oxygen atoms in total. The van der Waals surface area contributed by atoms with Gasteiger partial charge in [-0.1, -0.05) is 24.3 Å². The first kappa shape index (κ1) is 21.0. The molecule has 8 heteroatoms. The Morgan fingerprint density at radius 1 is 1.12 bits per heavy atom. The second-order valence-electron chi connectivity index (χ2n) is 7.43. The average molecular weight is 460 g/mol. The third-order valence-electron chi connectivity index (χ3n) is 5.61. The number of rotatable bonds is 6. The monoisotopic (exact) mass is 459 g/mol. The molecule has 0 fully saturated rings. The van der Waals surface area contributed by atoms with E-state index in [9.17, 15) is 9.59 Å². The molecule has 166 valence electrons. The van der Waals surface area contributed by atoms with E-state index in [1.165, 1.54) is 0 Å². The van der Waals surface area contributed by atoms with Crippen LogP contribution in [0.2, 0.25) is 0 Å². The molecule has 4 aromatic rings. The number of hydrogen-bond acceptors (Lipinski definition) is 6. The topological polar surface area (TPSA) is 84.5 Å². The van der Waals surface area contributed by atoms with Crippen molar-refractivity contribution in [3.8, 4) is 16.3 Å². The maximum atomic E-state index is 13.6. The van der Waals surface area contributed by atoms with E-state index in [0.29, 0.717) is 29.3 Å². The Labute approximate surface area is 194 Å². The summed E-state index contributed by atoms with van der Waals surface area (Å²) in [6, 6.07) is 18.0. The SMILES string of the molecule is CCOC(=O)c1ccc(N2C(=O)c3n[nH]c(-c4cccs4)c3[C@@H]2c2ccccc2OC)cc1. The number of para-hydroxylation sites is 1. The lowest BCUT2D eigenvalue weighted by Crippen LogP contribution is -2.29. The summed E-state index contributed by atoms with van der Waals surface area (Å²) >= 11 is 1.58. The molecule has 3 heterocycles. The van der Waals surface area contributed by atoms with E-state index >= 15 is 0 Å². The van der Waals surface area contributed by atoms with E-state index in [1.54, 1.807) is 54.5 Å². The summed E-state index contributed by atoms with van der Waals surface area (Å²) < 4.78 is 10.7. The van der Waals surface area contributed by atoms with Crippen molar-refractivity contribution in [3.05, 3.63) is 88.4 Å². The van der Waals surface area contributed by atoms with Gasteiger partial charge < -0.3 is 9.47 Å². The number of hydrogen-bond donors (Lipinski definition) is 1. The molecule has 0 saturated carbocycles. The zero-order valence-electron chi connectivity index (χ0n) is 18.1. The summed E-state index contributed by atoms with van der Waals surface area (Å²) in [4.78, 5) is 28.4. The number of methoxy groups -OCH3 is 1. The van der Waals surface area contributed by atoms with Gasteiger partial charge in [0.2, 0.25) is 0 Å². The van der Waals surface area contributed by atoms with Crippen molar-refractivity contribution in [2.75, 3.05) is 18.6 Å². The Balaban J connectivity index is 1.66. The molecule has 1 aliphatic rings. The van der Waals surface area contributed by atoms with Crippen LogP contribution in [0.5, 0.6) is 5.75 Å². The van der Waals surface area contributed by atoms with Gasteiger partial charge in [0, 0.05) is 16.8 Å². The fourth-order valence-electron chi connectivity index (χ4n) is 4.17. The summed E-state index contributed by atoms with van der Waals surface area (Å²) in [6.07, 6.45) is 0. The number of amides is 1. The highest BCUT2D eigenvalue weighted by atomic mass is 32.1. The average Bonchev–Trinajstić information content (AvgIpc) is 3.57. The molecule has 33 heavy (non-hydrogen) atoms. The molecule has 5 rings (SSSR count). The van der Waals surface area contributed by atoms with Crippen molar-refractivity contribution in [3.63, 3.8) is 0 Å². The summed E-state index contributed by atoms with van der Waals surface area (Å²) in [7, 11) is 1.62. The molecule has 1 atom stereocenters. The number of nitrogens with zero attached hydrogens (tertiary/aromatic N) is 2. The number of benzene rings is 2. The van der Waals surface area contributed by atoms with Crippen LogP contribution in [0.3, 0.4) is 0 Å². The number of nitrogens with one attached hydrogen (secondary N) is 1. The first-order chi connectivity index (χ1) is 16.1. The largest absolute Gasteiger partial charge is 0.496 e. The predicted molar refractivity (Wildman–Crippen MR) is 126 cm³/mol. The van der Waals surface area contributed by atoms with Crippen LogP contribution in [-0.4, -0.2) is 35.8 Å². The smallest absolute Gasteiger partial charge is 0.338 e. The van der Waals surface area contributed by atoms with Gasteiger partial charge in [-0.05, 0) is 48.7 Å². The number of ether oxygens (including phenoxy) is 2. The Morgan fingerprint density at radius 2 is 1.91 bits per heavy atom. The lowest BCUT2D eigenvalue weighted by Gasteiger charge is -2.27. The van der Waals surface area contributed by atoms with Gasteiger partial charge in [0.1, 0.15) is 5.75 Å². The van der Waals surface area contributed by atoms with Crippen LogP contribution in [0.15, 0.2) is 66.0 Å². The zero-order chi connectivity index (χ0) is 22.9. The van der Waals surface area contributed by atoms with E-state index < -0.39 is 12.0 Å². The van der Waals surface area contributed by atoms with Gasteiger partial charge >= 0.3 is 5.97 Å². The van der Waals surface area contributed by atoms with E-state index in [2.05, 4.69) is 10.2 Å². The fourth-order valence-corrected chi connectivity index (χ4v) is 4.91. The third-order valence-corrected chi connectivity index (χ3v) is 6.50. The van der Waals surface area contributed by atoms with Crippen molar-refractivity contribution in [1.82, 2.24) is 10.2 Å². The van der Waals surface area contributed by atoms with E-state index in [0.717, 1.165) is 21.7 Å². The molecule has 1 N–H and O–H groups in total. The quantitative estimate of drug-likeness (QED) is 0.407. The second kappa shape index (κ2) is 8.55. The molecule has 0 radical (unpaired) electrons. The molecular weight excluding hydrogens is 438 g/mol. The lowest BCUT2D eigenvalue weighted by atomic mass is 9.97. The Bertz CT molecular complexity index is 1310. The number of aromatic nitrogens is 2. The number of aromatic amines is 1. The maximum Gasteiger partial charge on any atom is 0.338 e. The molecule has 0 saturated heterocycles. The van der Waals surface area contributed by atoms with E-state index in [4.69, 9.17) is 9.47 Å². The molecule has 0 spiro atoms. The second-order valence-corrected chi connectivity index (χ2v) is 8.37. The Kier molecular flexibility index (Phi) is 5.43. The van der Waals surface area contributed by atoms with Crippen LogP contribution < -0.4 is 9.64 Å². The molecule has 0 bridgehead atoms. The van der Waals surface area contributed by atoms with Crippen LogP contribution in [0.4, 0.5) is 5.69 Å². The first-order valence-electron chi connectivity index (χ1n) is 10.5. The van der Waals surface area contributed by atoms with Crippen LogP contribution in [-0.2, 0) is 4.74 Å². The molecular formula is C25H21N3O4S.